The van der Waals surface area contributed by atoms with Crippen LogP contribution < -0.4 is 5.32 Å². The molecule has 1 N–H and O–H groups in total. The second kappa shape index (κ2) is 5.70. The van der Waals surface area contributed by atoms with Gasteiger partial charge >= 0.3 is 6.09 Å². The topological polar surface area (TPSA) is 41.6 Å². The van der Waals surface area contributed by atoms with Crippen LogP contribution in [0, 0.1) is 11.8 Å². The standard InChI is InChI=1S/C15H28N2O2/c1-11-5-6-12(7-11)8-16-13-9-17(10-13)14(18)19-15(2,3)4/h11-13,16H,5-10H2,1-4H3. The second-order valence-corrected chi connectivity index (χ2v) is 7.27. The molecule has 110 valence electrons. The van der Waals surface area contributed by atoms with Gasteiger partial charge < -0.3 is 15.0 Å². The Kier molecular flexibility index (Phi) is 4.39. The molecule has 2 atom stereocenters. The lowest BCUT2D eigenvalue weighted by molar-refractivity contribution is 0.00503. The molecule has 1 saturated heterocycles. The molecule has 2 rings (SSSR count). The van der Waals surface area contributed by atoms with Crippen molar-refractivity contribution in [3.8, 4) is 0 Å². The van der Waals surface area contributed by atoms with Crippen molar-refractivity contribution in [2.75, 3.05) is 19.6 Å². The number of hydrogen-bond donors (Lipinski definition) is 1. The summed E-state index contributed by atoms with van der Waals surface area (Å²) in [7, 11) is 0. The smallest absolute Gasteiger partial charge is 0.410 e. The van der Waals surface area contributed by atoms with Gasteiger partial charge in [-0.2, -0.15) is 0 Å². The molecule has 19 heavy (non-hydrogen) atoms. The third kappa shape index (κ3) is 4.37. The minimum atomic E-state index is -0.393. The van der Waals surface area contributed by atoms with Gasteiger partial charge in [0, 0.05) is 19.1 Å². The monoisotopic (exact) mass is 268 g/mol. The van der Waals surface area contributed by atoms with E-state index < -0.39 is 5.60 Å². The van der Waals surface area contributed by atoms with Crippen LogP contribution in [0.4, 0.5) is 4.79 Å². The van der Waals surface area contributed by atoms with Crippen LogP contribution in [0.3, 0.4) is 0 Å². The SMILES string of the molecule is CC1CCC(CNC2CN(C(=O)OC(C)(C)C)C2)C1. The van der Waals surface area contributed by atoms with Gasteiger partial charge in [-0.1, -0.05) is 13.3 Å². The van der Waals surface area contributed by atoms with E-state index in [1.165, 1.54) is 19.3 Å². The fraction of sp³-hybridized carbons (Fsp3) is 0.933. The minimum absolute atomic E-state index is 0.181. The highest BCUT2D eigenvalue weighted by molar-refractivity contribution is 5.69. The van der Waals surface area contributed by atoms with E-state index in [1.54, 1.807) is 4.90 Å². The van der Waals surface area contributed by atoms with E-state index in [0.29, 0.717) is 6.04 Å². The number of nitrogens with zero attached hydrogens (tertiary/aromatic N) is 1. The van der Waals surface area contributed by atoms with Gasteiger partial charge in [-0.15, -0.1) is 0 Å². The predicted molar refractivity (Wildman–Crippen MR) is 76.1 cm³/mol. The Balaban J connectivity index is 1.60. The summed E-state index contributed by atoms with van der Waals surface area (Å²) in [5.74, 6) is 1.73. The van der Waals surface area contributed by atoms with Crippen LogP contribution >= 0.6 is 0 Å². The van der Waals surface area contributed by atoms with Crippen LogP contribution in [-0.4, -0.2) is 42.3 Å². The zero-order valence-corrected chi connectivity index (χ0v) is 12.7. The second-order valence-electron chi connectivity index (χ2n) is 7.27. The largest absolute Gasteiger partial charge is 0.444 e. The molecule has 1 aliphatic heterocycles. The van der Waals surface area contributed by atoms with Crippen molar-refractivity contribution in [2.45, 2.75) is 58.6 Å². The molecule has 0 aromatic rings. The van der Waals surface area contributed by atoms with Gasteiger partial charge in [-0.25, -0.2) is 4.79 Å². The number of likely N-dealkylation sites (tertiary alicyclic amines) is 1. The van der Waals surface area contributed by atoms with Crippen molar-refractivity contribution >= 4 is 6.09 Å². The predicted octanol–water partition coefficient (Wildman–Crippen LogP) is 2.63. The number of hydrogen-bond acceptors (Lipinski definition) is 3. The molecule has 2 unspecified atom stereocenters. The van der Waals surface area contributed by atoms with E-state index in [1.807, 2.05) is 20.8 Å². The van der Waals surface area contributed by atoms with Crippen LogP contribution in [0.1, 0.15) is 47.0 Å². The lowest BCUT2D eigenvalue weighted by Gasteiger charge is -2.40. The molecule has 1 amide bonds. The molecule has 0 aromatic carbocycles. The summed E-state index contributed by atoms with van der Waals surface area (Å²) in [5, 5.41) is 3.58. The highest BCUT2D eigenvalue weighted by atomic mass is 16.6. The molecular weight excluding hydrogens is 240 g/mol. The molecule has 1 aliphatic carbocycles. The highest BCUT2D eigenvalue weighted by Crippen LogP contribution is 2.29. The summed E-state index contributed by atoms with van der Waals surface area (Å²) in [4.78, 5) is 13.5. The molecule has 1 saturated carbocycles. The Labute approximate surface area is 116 Å². The number of carbonyl (C=O) groups excluding carboxylic acids is 1. The van der Waals surface area contributed by atoms with Crippen LogP contribution in [0.2, 0.25) is 0 Å². The Morgan fingerprint density at radius 1 is 1.32 bits per heavy atom. The van der Waals surface area contributed by atoms with Crippen LogP contribution in [0.25, 0.3) is 0 Å². The lowest BCUT2D eigenvalue weighted by atomic mass is 10.0. The molecule has 4 nitrogen and oxygen atoms in total. The van der Waals surface area contributed by atoms with E-state index in [2.05, 4.69) is 12.2 Å². The number of rotatable bonds is 3. The third-order valence-corrected chi connectivity index (χ3v) is 4.03. The maximum absolute atomic E-state index is 11.8. The van der Waals surface area contributed by atoms with Crippen molar-refractivity contribution in [2.24, 2.45) is 11.8 Å². The quantitative estimate of drug-likeness (QED) is 0.855. The van der Waals surface area contributed by atoms with E-state index >= 15 is 0 Å². The van der Waals surface area contributed by atoms with Gasteiger partial charge in [0.2, 0.25) is 0 Å². The van der Waals surface area contributed by atoms with Gasteiger partial charge in [0.05, 0.1) is 0 Å². The van der Waals surface area contributed by atoms with E-state index in [9.17, 15) is 4.79 Å². The summed E-state index contributed by atoms with van der Waals surface area (Å²) >= 11 is 0. The molecule has 0 spiro atoms. The van der Waals surface area contributed by atoms with Crippen LogP contribution in [0.15, 0.2) is 0 Å². The highest BCUT2D eigenvalue weighted by Gasteiger charge is 2.34. The first kappa shape index (κ1) is 14.6. The fourth-order valence-corrected chi connectivity index (χ4v) is 2.93. The van der Waals surface area contributed by atoms with Gasteiger partial charge in [-0.3, -0.25) is 0 Å². The van der Waals surface area contributed by atoms with E-state index in [0.717, 1.165) is 31.5 Å². The number of amides is 1. The first-order valence-corrected chi connectivity index (χ1v) is 7.55. The van der Waals surface area contributed by atoms with Crippen molar-refractivity contribution < 1.29 is 9.53 Å². The summed E-state index contributed by atoms with van der Waals surface area (Å²) < 4.78 is 5.34. The zero-order valence-electron chi connectivity index (χ0n) is 12.7. The van der Waals surface area contributed by atoms with Crippen molar-refractivity contribution in [3.05, 3.63) is 0 Å². The molecule has 0 bridgehead atoms. The van der Waals surface area contributed by atoms with Gasteiger partial charge in [0.15, 0.2) is 0 Å². The summed E-state index contributed by atoms with van der Waals surface area (Å²) in [6.45, 7) is 10.7. The van der Waals surface area contributed by atoms with Gasteiger partial charge in [0.25, 0.3) is 0 Å². The van der Waals surface area contributed by atoms with Crippen LogP contribution in [-0.2, 0) is 4.74 Å². The third-order valence-electron chi connectivity index (χ3n) is 4.03. The molecule has 4 heteroatoms. The maximum atomic E-state index is 11.8. The summed E-state index contributed by atoms with van der Waals surface area (Å²) in [5.41, 5.74) is -0.393. The van der Waals surface area contributed by atoms with Crippen molar-refractivity contribution in [1.82, 2.24) is 10.2 Å². The molecule has 2 fully saturated rings. The summed E-state index contributed by atoms with van der Waals surface area (Å²) in [6, 6.07) is 0.462. The molecule has 2 aliphatic rings. The first-order chi connectivity index (χ1) is 8.83. The summed E-state index contributed by atoms with van der Waals surface area (Å²) in [6.07, 6.45) is 3.91. The number of carbonyl (C=O) groups is 1. The van der Waals surface area contributed by atoms with Gasteiger partial charge in [0.1, 0.15) is 5.60 Å². The molecule has 0 aromatic heterocycles. The minimum Gasteiger partial charge on any atom is -0.444 e. The fourth-order valence-electron chi connectivity index (χ4n) is 2.93. The Morgan fingerprint density at radius 3 is 2.53 bits per heavy atom. The average molecular weight is 268 g/mol. The lowest BCUT2D eigenvalue weighted by Crippen LogP contribution is -2.61. The molecule has 0 radical (unpaired) electrons. The van der Waals surface area contributed by atoms with Crippen molar-refractivity contribution in [3.63, 3.8) is 0 Å². The van der Waals surface area contributed by atoms with E-state index in [-0.39, 0.29) is 6.09 Å². The Morgan fingerprint density at radius 2 is 2.00 bits per heavy atom. The normalized spacial score (nSPS) is 28.3. The van der Waals surface area contributed by atoms with E-state index in [4.69, 9.17) is 4.74 Å². The zero-order chi connectivity index (χ0) is 14.0. The molecule has 1 heterocycles. The van der Waals surface area contributed by atoms with Crippen LogP contribution in [0.5, 0.6) is 0 Å². The first-order valence-electron chi connectivity index (χ1n) is 7.55. The maximum Gasteiger partial charge on any atom is 0.410 e. The molecular formula is C15H28N2O2. The number of nitrogens with one attached hydrogen (secondary N) is 1. The average Bonchev–Trinajstić information content (AvgIpc) is 2.59. The Hall–Kier alpha value is -0.770. The Bertz CT molecular complexity index is 319. The van der Waals surface area contributed by atoms with Gasteiger partial charge in [-0.05, 0) is 52.0 Å². The van der Waals surface area contributed by atoms with Crippen molar-refractivity contribution in [1.29, 1.82) is 0 Å². The number of ether oxygens (including phenoxy) is 1.